The van der Waals surface area contributed by atoms with Gasteiger partial charge in [-0.2, -0.15) is 5.26 Å². The molecule has 1 amide bonds. The summed E-state index contributed by atoms with van der Waals surface area (Å²) in [5, 5.41) is 11.1. The van der Waals surface area contributed by atoms with Gasteiger partial charge in [0.05, 0.1) is 17.5 Å². The van der Waals surface area contributed by atoms with Gasteiger partial charge in [0.1, 0.15) is 11.7 Å². The summed E-state index contributed by atoms with van der Waals surface area (Å²) in [5.41, 5.74) is 0.305. The lowest BCUT2D eigenvalue weighted by molar-refractivity contribution is 0.0634. The van der Waals surface area contributed by atoms with E-state index < -0.39 is 11.7 Å². The molecule has 1 aromatic heterocycles. The van der Waals surface area contributed by atoms with Crippen molar-refractivity contribution in [3.05, 3.63) is 17.5 Å². The number of aryl methyl sites for hydroxylation is 1. The molecule has 0 spiro atoms. The number of nitriles is 1. The summed E-state index contributed by atoms with van der Waals surface area (Å²) in [4.78, 5) is 19.2. The van der Waals surface area contributed by atoms with Crippen molar-refractivity contribution >= 4 is 12.0 Å². The molecule has 0 bridgehead atoms. The van der Waals surface area contributed by atoms with Crippen LogP contribution in [0.15, 0.2) is 6.20 Å². The van der Waals surface area contributed by atoms with Gasteiger partial charge in [0.25, 0.3) is 0 Å². The van der Waals surface area contributed by atoms with Crippen molar-refractivity contribution in [1.82, 2.24) is 9.97 Å². The van der Waals surface area contributed by atoms with Gasteiger partial charge in [0, 0.05) is 0 Å². The third kappa shape index (κ3) is 4.07. The van der Waals surface area contributed by atoms with Gasteiger partial charge in [-0.15, -0.1) is 0 Å². The Morgan fingerprint density at radius 1 is 1.53 bits per heavy atom. The first-order valence-corrected chi connectivity index (χ1v) is 5.05. The minimum absolute atomic E-state index is 0.121. The number of carbonyl (C=O) groups excluding carboxylic acids is 1. The maximum atomic E-state index is 11.4. The van der Waals surface area contributed by atoms with Crippen molar-refractivity contribution in [3.63, 3.8) is 0 Å². The summed E-state index contributed by atoms with van der Waals surface area (Å²) < 4.78 is 5.04. The Labute approximate surface area is 99.6 Å². The molecule has 1 rings (SSSR count). The lowest BCUT2D eigenvalue weighted by Gasteiger charge is -2.19. The molecular weight excluding hydrogens is 220 g/mol. The second-order valence-corrected chi connectivity index (χ2v) is 4.43. The third-order valence-electron chi connectivity index (χ3n) is 1.71. The van der Waals surface area contributed by atoms with E-state index in [1.165, 1.54) is 6.20 Å². The molecule has 0 saturated heterocycles. The molecule has 0 atom stereocenters. The normalized spacial score (nSPS) is 10.5. The van der Waals surface area contributed by atoms with Crippen LogP contribution in [-0.4, -0.2) is 21.7 Å². The van der Waals surface area contributed by atoms with Crippen molar-refractivity contribution in [2.75, 3.05) is 5.32 Å². The topological polar surface area (TPSA) is 87.9 Å². The zero-order valence-electron chi connectivity index (χ0n) is 10.2. The Morgan fingerprint density at radius 3 is 2.65 bits per heavy atom. The van der Waals surface area contributed by atoms with Gasteiger partial charge in [-0.1, -0.05) is 0 Å². The van der Waals surface area contributed by atoms with Crippen LogP contribution in [0.2, 0.25) is 0 Å². The highest BCUT2D eigenvalue weighted by Gasteiger charge is 2.17. The van der Waals surface area contributed by atoms with E-state index in [2.05, 4.69) is 15.3 Å². The van der Waals surface area contributed by atoms with Crippen molar-refractivity contribution in [2.24, 2.45) is 0 Å². The van der Waals surface area contributed by atoms with E-state index in [0.29, 0.717) is 11.3 Å². The molecular formula is C11H14N4O2. The Hall–Kier alpha value is -2.16. The first kappa shape index (κ1) is 12.9. The number of carbonyl (C=O) groups is 1. The van der Waals surface area contributed by atoms with Crippen molar-refractivity contribution in [2.45, 2.75) is 33.3 Å². The Kier molecular flexibility index (Phi) is 3.63. The Morgan fingerprint density at radius 2 is 2.18 bits per heavy atom. The Bertz CT molecular complexity index is 471. The summed E-state index contributed by atoms with van der Waals surface area (Å²) in [7, 11) is 0. The minimum Gasteiger partial charge on any atom is -0.444 e. The number of ether oxygens (including phenoxy) is 1. The summed E-state index contributed by atoms with van der Waals surface area (Å²) in [6.07, 6.45) is 0.733. The number of amides is 1. The Balaban J connectivity index is 2.74. The molecule has 6 nitrogen and oxygen atoms in total. The number of rotatable bonds is 1. The van der Waals surface area contributed by atoms with E-state index in [1.807, 2.05) is 6.07 Å². The van der Waals surface area contributed by atoms with Crippen LogP contribution in [0.25, 0.3) is 0 Å². The van der Waals surface area contributed by atoms with Gasteiger partial charge >= 0.3 is 6.09 Å². The van der Waals surface area contributed by atoms with E-state index in [-0.39, 0.29) is 5.95 Å². The molecule has 6 heteroatoms. The van der Waals surface area contributed by atoms with Gasteiger partial charge < -0.3 is 4.74 Å². The summed E-state index contributed by atoms with van der Waals surface area (Å²) in [6.45, 7) is 6.95. The molecule has 0 aliphatic heterocycles. The van der Waals surface area contributed by atoms with Crippen LogP contribution in [0.3, 0.4) is 0 Å². The van der Waals surface area contributed by atoms with E-state index in [4.69, 9.17) is 10.00 Å². The first-order chi connectivity index (χ1) is 7.81. The monoisotopic (exact) mass is 234 g/mol. The standard InChI is InChI=1S/C11H14N4O2/c1-7-8(5-12)6-13-9(14-7)15-10(16)17-11(2,3)4/h6H,1-4H3,(H,13,14,15,16). The number of nitrogens with one attached hydrogen (secondary N) is 1. The molecule has 90 valence electrons. The maximum Gasteiger partial charge on any atom is 0.414 e. The smallest absolute Gasteiger partial charge is 0.414 e. The largest absolute Gasteiger partial charge is 0.444 e. The molecule has 0 saturated carbocycles. The average molecular weight is 234 g/mol. The molecule has 0 fully saturated rings. The van der Waals surface area contributed by atoms with Gasteiger partial charge in [-0.05, 0) is 27.7 Å². The van der Waals surface area contributed by atoms with Crippen LogP contribution in [0.4, 0.5) is 10.7 Å². The lowest BCUT2D eigenvalue weighted by atomic mass is 10.2. The second-order valence-electron chi connectivity index (χ2n) is 4.43. The fraction of sp³-hybridized carbons (Fsp3) is 0.455. The summed E-state index contributed by atoms with van der Waals surface area (Å²) in [6, 6.07) is 1.95. The predicted octanol–water partition coefficient (Wildman–Crippen LogP) is 2.00. The molecule has 17 heavy (non-hydrogen) atoms. The molecule has 1 N–H and O–H groups in total. The third-order valence-corrected chi connectivity index (χ3v) is 1.71. The van der Waals surface area contributed by atoms with E-state index in [1.54, 1.807) is 27.7 Å². The lowest BCUT2D eigenvalue weighted by Crippen LogP contribution is -2.27. The highest BCUT2D eigenvalue weighted by Crippen LogP contribution is 2.10. The molecule has 0 aliphatic carbocycles. The fourth-order valence-corrected chi connectivity index (χ4v) is 1.03. The van der Waals surface area contributed by atoms with Crippen LogP contribution in [-0.2, 0) is 4.74 Å². The number of aromatic nitrogens is 2. The maximum absolute atomic E-state index is 11.4. The van der Waals surface area contributed by atoms with Gasteiger partial charge in [0.2, 0.25) is 5.95 Å². The van der Waals surface area contributed by atoms with Crippen LogP contribution >= 0.6 is 0 Å². The van der Waals surface area contributed by atoms with E-state index in [0.717, 1.165) is 0 Å². The van der Waals surface area contributed by atoms with Crippen LogP contribution in [0, 0.1) is 18.3 Å². The molecule has 0 aromatic carbocycles. The van der Waals surface area contributed by atoms with Gasteiger partial charge in [-0.3, -0.25) is 5.32 Å². The number of anilines is 1. The zero-order valence-corrected chi connectivity index (χ0v) is 10.2. The SMILES string of the molecule is Cc1nc(NC(=O)OC(C)(C)C)ncc1C#N. The summed E-state index contributed by atoms with van der Waals surface area (Å²) in [5.74, 6) is 0.121. The molecule has 1 heterocycles. The van der Waals surface area contributed by atoms with E-state index in [9.17, 15) is 4.79 Å². The average Bonchev–Trinajstić information content (AvgIpc) is 2.14. The van der Waals surface area contributed by atoms with Crippen LogP contribution < -0.4 is 5.32 Å². The molecule has 0 unspecified atom stereocenters. The highest BCUT2D eigenvalue weighted by atomic mass is 16.6. The predicted molar refractivity (Wildman–Crippen MR) is 61.3 cm³/mol. The number of hydrogen-bond donors (Lipinski definition) is 1. The minimum atomic E-state index is -0.624. The number of nitrogens with zero attached hydrogens (tertiary/aromatic N) is 3. The zero-order chi connectivity index (χ0) is 13.1. The quantitative estimate of drug-likeness (QED) is 0.802. The fourth-order valence-electron chi connectivity index (χ4n) is 1.03. The number of hydrogen-bond acceptors (Lipinski definition) is 5. The van der Waals surface area contributed by atoms with Crippen molar-refractivity contribution in [3.8, 4) is 6.07 Å². The van der Waals surface area contributed by atoms with Crippen molar-refractivity contribution < 1.29 is 9.53 Å². The van der Waals surface area contributed by atoms with Crippen LogP contribution in [0.1, 0.15) is 32.0 Å². The molecule has 0 aliphatic rings. The van der Waals surface area contributed by atoms with Gasteiger partial charge in [0.15, 0.2) is 0 Å². The molecule has 1 aromatic rings. The van der Waals surface area contributed by atoms with Crippen LogP contribution in [0.5, 0.6) is 0 Å². The molecule has 0 radical (unpaired) electrons. The van der Waals surface area contributed by atoms with Gasteiger partial charge in [-0.25, -0.2) is 14.8 Å². The highest BCUT2D eigenvalue weighted by molar-refractivity contribution is 5.82. The summed E-state index contributed by atoms with van der Waals surface area (Å²) >= 11 is 0. The van der Waals surface area contributed by atoms with Crippen molar-refractivity contribution in [1.29, 1.82) is 5.26 Å². The second kappa shape index (κ2) is 4.78. The van der Waals surface area contributed by atoms with E-state index >= 15 is 0 Å². The first-order valence-electron chi connectivity index (χ1n) is 5.05.